The predicted molar refractivity (Wildman–Crippen MR) is 84.1 cm³/mol. The van der Waals surface area contributed by atoms with Gasteiger partial charge in [0.05, 0.1) is 6.54 Å². The highest BCUT2D eigenvalue weighted by Gasteiger charge is 2.05. The molecule has 4 heteroatoms. The molecule has 0 radical (unpaired) electrons. The molecule has 0 bridgehead atoms. The van der Waals surface area contributed by atoms with Crippen molar-refractivity contribution in [3.63, 3.8) is 0 Å². The maximum Gasteiger partial charge on any atom is 0.243 e. The van der Waals surface area contributed by atoms with Crippen LogP contribution in [0.1, 0.15) is 25.3 Å². The highest BCUT2D eigenvalue weighted by Crippen LogP contribution is 2.18. The van der Waals surface area contributed by atoms with E-state index in [9.17, 15) is 9.18 Å². The van der Waals surface area contributed by atoms with Gasteiger partial charge in [0.2, 0.25) is 5.91 Å². The molecule has 0 aliphatic heterocycles. The monoisotopic (exact) mass is 286 g/mol. The van der Waals surface area contributed by atoms with E-state index in [0.29, 0.717) is 11.6 Å². The number of hydrogen-bond acceptors (Lipinski definition) is 2. The Hall–Kier alpha value is -2.36. The van der Waals surface area contributed by atoms with Crippen molar-refractivity contribution in [2.45, 2.75) is 19.8 Å². The molecular formula is C17H19FN2O. The number of carbonyl (C=O) groups excluding carboxylic acids is 1. The third-order valence-electron chi connectivity index (χ3n) is 3.11. The number of benzene rings is 2. The molecule has 0 fully saturated rings. The molecule has 0 saturated heterocycles. The van der Waals surface area contributed by atoms with E-state index in [-0.39, 0.29) is 18.3 Å². The average Bonchev–Trinajstić information content (AvgIpc) is 2.45. The molecule has 2 aromatic carbocycles. The minimum atomic E-state index is -0.329. The third kappa shape index (κ3) is 4.60. The van der Waals surface area contributed by atoms with Gasteiger partial charge >= 0.3 is 0 Å². The van der Waals surface area contributed by atoms with Gasteiger partial charge in [-0.15, -0.1) is 0 Å². The zero-order chi connectivity index (χ0) is 15.2. The zero-order valence-corrected chi connectivity index (χ0v) is 12.2. The van der Waals surface area contributed by atoms with E-state index >= 15 is 0 Å². The van der Waals surface area contributed by atoms with Gasteiger partial charge in [-0.05, 0) is 41.8 Å². The number of anilines is 2. The summed E-state index contributed by atoms with van der Waals surface area (Å²) in [6.45, 7) is 4.30. The largest absolute Gasteiger partial charge is 0.376 e. The highest BCUT2D eigenvalue weighted by molar-refractivity contribution is 5.93. The lowest BCUT2D eigenvalue weighted by molar-refractivity contribution is -0.114. The van der Waals surface area contributed by atoms with Gasteiger partial charge in [-0.1, -0.05) is 32.0 Å². The second-order valence-corrected chi connectivity index (χ2v) is 5.19. The van der Waals surface area contributed by atoms with Crippen LogP contribution in [-0.4, -0.2) is 12.5 Å². The summed E-state index contributed by atoms with van der Waals surface area (Å²) in [5.41, 5.74) is 2.53. The van der Waals surface area contributed by atoms with Crippen LogP contribution in [0.5, 0.6) is 0 Å². The number of hydrogen-bond donors (Lipinski definition) is 2. The Bertz CT molecular complexity index is 626. The molecule has 0 aliphatic rings. The lowest BCUT2D eigenvalue weighted by atomic mass is 10.0. The van der Waals surface area contributed by atoms with Crippen molar-refractivity contribution in [1.82, 2.24) is 0 Å². The van der Waals surface area contributed by atoms with Crippen LogP contribution in [-0.2, 0) is 4.79 Å². The van der Waals surface area contributed by atoms with Crippen LogP contribution in [0.15, 0.2) is 48.5 Å². The van der Waals surface area contributed by atoms with Crippen LogP contribution in [0.25, 0.3) is 0 Å². The van der Waals surface area contributed by atoms with E-state index < -0.39 is 0 Å². The summed E-state index contributed by atoms with van der Waals surface area (Å²) >= 11 is 0. The Kier molecular flexibility index (Phi) is 4.93. The minimum absolute atomic E-state index is 0.0926. The fourth-order valence-electron chi connectivity index (χ4n) is 1.96. The SMILES string of the molecule is CC(C)c1cccc(NC(=O)CNc2cccc(F)c2)c1. The van der Waals surface area contributed by atoms with Gasteiger partial charge in [0.15, 0.2) is 0 Å². The van der Waals surface area contributed by atoms with E-state index in [1.54, 1.807) is 12.1 Å². The molecule has 3 nitrogen and oxygen atoms in total. The van der Waals surface area contributed by atoms with Crippen LogP contribution in [0.3, 0.4) is 0 Å². The van der Waals surface area contributed by atoms with Crippen molar-refractivity contribution in [2.75, 3.05) is 17.2 Å². The van der Waals surface area contributed by atoms with Gasteiger partial charge in [0, 0.05) is 11.4 Å². The first-order chi connectivity index (χ1) is 10.0. The Morgan fingerprint density at radius 1 is 1.10 bits per heavy atom. The van der Waals surface area contributed by atoms with Crippen molar-refractivity contribution in [2.24, 2.45) is 0 Å². The fraction of sp³-hybridized carbons (Fsp3) is 0.235. The molecule has 1 amide bonds. The Labute approximate surface area is 124 Å². The molecule has 2 N–H and O–H groups in total. The topological polar surface area (TPSA) is 41.1 Å². The quantitative estimate of drug-likeness (QED) is 0.872. The molecule has 0 saturated carbocycles. The molecule has 0 unspecified atom stereocenters. The molecule has 21 heavy (non-hydrogen) atoms. The molecule has 110 valence electrons. The van der Waals surface area contributed by atoms with E-state index in [1.807, 2.05) is 24.3 Å². The van der Waals surface area contributed by atoms with Crippen molar-refractivity contribution in [1.29, 1.82) is 0 Å². The van der Waals surface area contributed by atoms with Crippen molar-refractivity contribution < 1.29 is 9.18 Å². The Morgan fingerprint density at radius 2 is 1.81 bits per heavy atom. The highest BCUT2D eigenvalue weighted by atomic mass is 19.1. The van der Waals surface area contributed by atoms with Gasteiger partial charge in [-0.25, -0.2) is 4.39 Å². The molecule has 0 aliphatic carbocycles. The summed E-state index contributed by atoms with van der Waals surface area (Å²) < 4.78 is 13.0. The number of amides is 1. The van der Waals surface area contributed by atoms with Gasteiger partial charge in [0.25, 0.3) is 0 Å². The predicted octanol–water partition coefficient (Wildman–Crippen LogP) is 4.00. The average molecular weight is 286 g/mol. The summed E-state index contributed by atoms with van der Waals surface area (Å²) in [5.74, 6) is -0.0857. The maximum atomic E-state index is 13.0. The summed E-state index contributed by atoms with van der Waals surface area (Å²) in [5, 5.41) is 5.72. The second-order valence-electron chi connectivity index (χ2n) is 5.19. The molecule has 0 spiro atoms. The van der Waals surface area contributed by atoms with E-state index in [1.165, 1.54) is 17.7 Å². The van der Waals surface area contributed by atoms with Crippen LogP contribution < -0.4 is 10.6 Å². The molecule has 0 atom stereocenters. The third-order valence-corrected chi connectivity index (χ3v) is 3.11. The number of carbonyl (C=O) groups is 1. The zero-order valence-electron chi connectivity index (χ0n) is 12.2. The van der Waals surface area contributed by atoms with Crippen LogP contribution >= 0.6 is 0 Å². The van der Waals surface area contributed by atoms with Gasteiger partial charge < -0.3 is 10.6 Å². The maximum absolute atomic E-state index is 13.0. The summed E-state index contributed by atoms with van der Waals surface area (Å²) in [6.07, 6.45) is 0. The minimum Gasteiger partial charge on any atom is -0.376 e. The van der Waals surface area contributed by atoms with Crippen LogP contribution in [0.2, 0.25) is 0 Å². The number of nitrogens with one attached hydrogen (secondary N) is 2. The first-order valence-corrected chi connectivity index (χ1v) is 6.94. The van der Waals surface area contributed by atoms with Crippen molar-refractivity contribution in [3.05, 3.63) is 59.9 Å². The molecular weight excluding hydrogens is 267 g/mol. The van der Waals surface area contributed by atoms with Crippen molar-refractivity contribution >= 4 is 17.3 Å². The molecule has 0 aromatic heterocycles. The molecule has 2 rings (SSSR count). The second kappa shape index (κ2) is 6.88. The first-order valence-electron chi connectivity index (χ1n) is 6.94. The number of rotatable bonds is 5. The van der Waals surface area contributed by atoms with Crippen LogP contribution in [0, 0.1) is 5.82 Å². The van der Waals surface area contributed by atoms with Gasteiger partial charge in [0.1, 0.15) is 5.82 Å². The molecule has 0 heterocycles. The van der Waals surface area contributed by atoms with E-state index in [0.717, 1.165) is 5.69 Å². The smallest absolute Gasteiger partial charge is 0.243 e. The standard InChI is InChI=1S/C17H19FN2O/c1-12(2)13-5-3-8-16(9-13)20-17(21)11-19-15-7-4-6-14(18)10-15/h3-10,12,19H,11H2,1-2H3,(H,20,21). The summed E-state index contributed by atoms with van der Waals surface area (Å²) in [6, 6.07) is 13.8. The first kappa shape index (κ1) is 15.0. The lowest BCUT2D eigenvalue weighted by Crippen LogP contribution is -2.21. The van der Waals surface area contributed by atoms with Crippen LogP contribution in [0.4, 0.5) is 15.8 Å². The Morgan fingerprint density at radius 3 is 2.52 bits per heavy atom. The Balaban J connectivity index is 1.91. The van der Waals surface area contributed by atoms with Crippen molar-refractivity contribution in [3.8, 4) is 0 Å². The lowest BCUT2D eigenvalue weighted by Gasteiger charge is -2.10. The van der Waals surface area contributed by atoms with Gasteiger partial charge in [-0.3, -0.25) is 4.79 Å². The molecule has 2 aromatic rings. The van der Waals surface area contributed by atoms with E-state index in [4.69, 9.17) is 0 Å². The summed E-state index contributed by atoms with van der Waals surface area (Å²) in [4.78, 5) is 11.9. The van der Waals surface area contributed by atoms with E-state index in [2.05, 4.69) is 24.5 Å². The van der Waals surface area contributed by atoms with Gasteiger partial charge in [-0.2, -0.15) is 0 Å². The fourth-order valence-corrected chi connectivity index (χ4v) is 1.96. The summed E-state index contributed by atoms with van der Waals surface area (Å²) in [7, 11) is 0. The normalized spacial score (nSPS) is 10.5. The number of halogens is 1.